The molecule has 1 aliphatic rings. The number of unbranched alkanes of at least 4 members (excludes halogenated alkanes) is 1. The van der Waals surface area contributed by atoms with Gasteiger partial charge < -0.3 is 10.5 Å². The summed E-state index contributed by atoms with van der Waals surface area (Å²) in [6.07, 6.45) is 3.16. The van der Waals surface area contributed by atoms with E-state index in [0.717, 1.165) is 48.5 Å². The molecule has 2 N–H and O–H groups in total. The molecule has 0 atom stereocenters. The van der Waals surface area contributed by atoms with Crippen LogP contribution in [0, 0.1) is 6.92 Å². The van der Waals surface area contributed by atoms with Crippen molar-refractivity contribution >= 4 is 11.6 Å². The fourth-order valence-corrected chi connectivity index (χ4v) is 2.14. The number of ether oxygens (including phenoxy) is 1. The van der Waals surface area contributed by atoms with Gasteiger partial charge in [0.15, 0.2) is 0 Å². The quantitative estimate of drug-likeness (QED) is 0.881. The maximum atomic E-state index is 6.33. The first-order valence-corrected chi connectivity index (χ1v) is 6.95. The summed E-state index contributed by atoms with van der Waals surface area (Å²) in [5, 5.41) is 0. The van der Waals surface area contributed by atoms with Crippen LogP contribution in [0.1, 0.15) is 37.3 Å². The Morgan fingerprint density at radius 3 is 2.63 bits per heavy atom. The highest BCUT2D eigenvalue weighted by molar-refractivity contribution is 6.01. The Hall–Kier alpha value is -1.77. The van der Waals surface area contributed by atoms with Crippen molar-refractivity contribution in [3.63, 3.8) is 0 Å². The zero-order valence-electron chi connectivity index (χ0n) is 11.8. The molecule has 1 aliphatic heterocycles. The van der Waals surface area contributed by atoms with Crippen LogP contribution in [0.5, 0.6) is 0 Å². The van der Waals surface area contributed by atoms with Gasteiger partial charge in [-0.05, 0) is 25.3 Å². The fourth-order valence-electron chi connectivity index (χ4n) is 2.14. The first kappa shape index (κ1) is 13.7. The number of aliphatic imine (C=N–C) groups is 1. The minimum absolute atomic E-state index is 0.673. The van der Waals surface area contributed by atoms with E-state index in [-0.39, 0.29) is 0 Å². The van der Waals surface area contributed by atoms with Crippen molar-refractivity contribution in [3.8, 4) is 0 Å². The van der Waals surface area contributed by atoms with E-state index in [1.54, 1.807) is 0 Å². The largest absolute Gasteiger partial charge is 0.476 e. The Bertz CT molecular complexity index is 486. The van der Waals surface area contributed by atoms with E-state index in [2.05, 4.69) is 43.1 Å². The predicted molar refractivity (Wildman–Crippen MR) is 80.1 cm³/mol. The number of hydrogen-bond donors (Lipinski definition) is 1. The van der Waals surface area contributed by atoms with Crippen molar-refractivity contribution in [3.05, 3.63) is 41.0 Å². The van der Waals surface area contributed by atoms with Gasteiger partial charge in [0.25, 0.3) is 0 Å². The summed E-state index contributed by atoms with van der Waals surface area (Å²) in [7, 11) is 0. The summed E-state index contributed by atoms with van der Waals surface area (Å²) in [5.74, 6) is 0.742. The molecule has 3 nitrogen and oxygen atoms in total. The Balaban J connectivity index is 2.32. The van der Waals surface area contributed by atoms with Crippen LogP contribution in [-0.4, -0.2) is 19.0 Å². The molecule has 0 aromatic heterocycles. The summed E-state index contributed by atoms with van der Waals surface area (Å²) in [6, 6.07) is 8.28. The molecule has 0 aliphatic carbocycles. The van der Waals surface area contributed by atoms with Crippen LogP contribution in [0.15, 0.2) is 34.8 Å². The molecule has 2 rings (SSSR count). The number of aryl methyl sites for hydroxylation is 1. The van der Waals surface area contributed by atoms with Gasteiger partial charge in [-0.2, -0.15) is 0 Å². The lowest BCUT2D eigenvalue weighted by Crippen LogP contribution is -2.11. The third-order valence-corrected chi connectivity index (χ3v) is 3.31. The fraction of sp³-hybridized carbons (Fsp3) is 0.438. The maximum Gasteiger partial charge on any atom is 0.214 e. The van der Waals surface area contributed by atoms with E-state index in [0.29, 0.717) is 6.61 Å². The number of nitrogens with two attached hydrogens (primary N) is 1. The molecule has 102 valence electrons. The lowest BCUT2D eigenvalue weighted by molar-refractivity contribution is 0.346. The van der Waals surface area contributed by atoms with Crippen LogP contribution in [-0.2, 0) is 4.74 Å². The number of rotatable bonds is 5. The first-order valence-electron chi connectivity index (χ1n) is 6.95. The molecule has 0 saturated carbocycles. The summed E-state index contributed by atoms with van der Waals surface area (Å²) in [5.41, 5.74) is 10.5. The Morgan fingerprint density at radius 2 is 2.05 bits per heavy atom. The average molecular weight is 258 g/mol. The third-order valence-electron chi connectivity index (χ3n) is 3.31. The molecule has 0 unspecified atom stereocenters. The van der Waals surface area contributed by atoms with Gasteiger partial charge in [-0.25, -0.2) is 4.99 Å². The SMILES string of the molecule is CCCC/C(C1=NCCO1)=C(/N)c1ccc(C)cc1. The van der Waals surface area contributed by atoms with Gasteiger partial charge >= 0.3 is 0 Å². The van der Waals surface area contributed by atoms with Crippen LogP contribution in [0.25, 0.3) is 5.70 Å². The molecule has 19 heavy (non-hydrogen) atoms. The second-order valence-corrected chi connectivity index (χ2v) is 4.90. The predicted octanol–water partition coefficient (Wildman–Crippen LogP) is 3.28. The van der Waals surface area contributed by atoms with Gasteiger partial charge in [-0.15, -0.1) is 0 Å². The monoisotopic (exact) mass is 258 g/mol. The Morgan fingerprint density at radius 1 is 1.32 bits per heavy atom. The van der Waals surface area contributed by atoms with E-state index in [4.69, 9.17) is 10.5 Å². The van der Waals surface area contributed by atoms with Crippen LogP contribution in [0.3, 0.4) is 0 Å². The Kier molecular flexibility index (Phi) is 4.61. The molecular formula is C16H22N2O. The lowest BCUT2D eigenvalue weighted by Gasteiger charge is -2.12. The summed E-state index contributed by atoms with van der Waals surface area (Å²) >= 11 is 0. The van der Waals surface area contributed by atoms with Gasteiger partial charge in [0.1, 0.15) is 6.61 Å². The normalized spacial score (nSPS) is 15.8. The minimum Gasteiger partial charge on any atom is -0.476 e. The molecule has 0 spiro atoms. The molecule has 0 bridgehead atoms. The molecule has 0 amide bonds. The van der Waals surface area contributed by atoms with Crippen molar-refractivity contribution < 1.29 is 4.74 Å². The molecule has 1 heterocycles. The van der Waals surface area contributed by atoms with Gasteiger partial charge in [-0.3, -0.25) is 0 Å². The van der Waals surface area contributed by atoms with Gasteiger partial charge in [0.05, 0.1) is 6.54 Å². The topological polar surface area (TPSA) is 47.6 Å². The lowest BCUT2D eigenvalue weighted by atomic mass is 10.0. The van der Waals surface area contributed by atoms with Crippen molar-refractivity contribution in [2.24, 2.45) is 10.7 Å². The minimum atomic E-state index is 0.673. The molecule has 0 radical (unpaired) electrons. The standard InChI is InChI=1S/C16H22N2O/c1-3-4-5-14(16-18-10-11-19-16)15(17)13-8-6-12(2)7-9-13/h6-9H,3-5,10-11,17H2,1-2H3/b15-14-. The molecule has 3 heteroatoms. The van der Waals surface area contributed by atoms with E-state index in [1.165, 1.54) is 5.56 Å². The first-order chi connectivity index (χ1) is 9.22. The highest BCUT2D eigenvalue weighted by Crippen LogP contribution is 2.22. The maximum absolute atomic E-state index is 6.33. The number of nitrogens with zero attached hydrogens (tertiary/aromatic N) is 1. The second-order valence-electron chi connectivity index (χ2n) is 4.90. The summed E-state index contributed by atoms with van der Waals surface area (Å²) in [4.78, 5) is 4.41. The molecular weight excluding hydrogens is 236 g/mol. The van der Waals surface area contributed by atoms with Gasteiger partial charge in [-0.1, -0.05) is 43.2 Å². The molecule has 1 aromatic carbocycles. The van der Waals surface area contributed by atoms with E-state index < -0.39 is 0 Å². The second kappa shape index (κ2) is 6.41. The van der Waals surface area contributed by atoms with E-state index in [1.807, 2.05) is 0 Å². The van der Waals surface area contributed by atoms with Crippen LogP contribution in [0.4, 0.5) is 0 Å². The smallest absolute Gasteiger partial charge is 0.214 e. The average Bonchev–Trinajstić information content (AvgIpc) is 2.94. The zero-order chi connectivity index (χ0) is 13.7. The Labute approximate surface area is 115 Å². The van der Waals surface area contributed by atoms with Crippen LogP contribution >= 0.6 is 0 Å². The highest BCUT2D eigenvalue weighted by Gasteiger charge is 2.17. The molecule has 0 saturated heterocycles. The molecule has 0 fully saturated rings. The molecule has 1 aromatic rings. The third kappa shape index (κ3) is 3.37. The summed E-state index contributed by atoms with van der Waals surface area (Å²) < 4.78 is 5.59. The van der Waals surface area contributed by atoms with E-state index >= 15 is 0 Å². The summed E-state index contributed by atoms with van der Waals surface area (Å²) in [6.45, 7) is 5.67. The number of benzene rings is 1. The van der Waals surface area contributed by atoms with Crippen molar-refractivity contribution in [1.29, 1.82) is 0 Å². The van der Waals surface area contributed by atoms with Crippen LogP contribution in [0.2, 0.25) is 0 Å². The van der Waals surface area contributed by atoms with Crippen molar-refractivity contribution in [2.75, 3.05) is 13.2 Å². The number of hydrogen-bond acceptors (Lipinski definition) is 3. The van der Waals surface area contributed by atoms with E-state index in [9.17, 15) is 0 Å². The van der Waals surface area contributed by atoms with Gasteiger partial charge in [0, 0.05) is 11.3 Å². The highest BCUT2D eigenvalue weighted by atomic mass is 16.5. The zero-order valence-corrected chi connectivity index (χ0v) is 11.8. The van der Waals surface area contributed by atoms with Crippen molar-refractivity contribution in [1.82, 2.24) is 0 Å². The van der Waals surface area contributed by atoms with Crippen LogP contribution < -0.4 is 5.73 Å². The van der Waals surface area contributed by atoms with Gasteiger partial charge in [0.2, 0.25) is 5.90 Å². The van der Waals surface area contributed by atoms with Crippen molar-refractivity contribution in [2.45, 2.75) is 33.1 Å².